The van der Waals surface area contributed by atoms with Crippen molar-refractivity contribution in [1.82, 2.24) is 5.32 Å². The second kappa shape index (κ2) is 9.17. The molecule has 0 radical (unpaired) electrons. The van der Waals surface area contributed by atoms with Gasteiger partial charge in [0, 0.05) is 20.1 Å². The van der Waals surface area contributed by atoms with E-state index in [4.69, 9.17) is 9.15 Å². The van der Waals surface area contributed by atoms with Gasteiger partial charge in [0.1, 0.15) is 11.8 Å². The summed E-state index contributed by atoms with van der Waals surface area (Å²) in [5.41, 5.74) is -0.222. The molecule has 0 fully saturated rings. The van der Waals surface area contributed by atoms with Crippen LogP contribution in [0.2, 0.25) is 0 Å². The summed E-state index contributed by atoms with van der Waals surface area (Å²) < 4.78 is 23.1. The Morgan fingerprint density at radius 2 is 2.04 bits per heavy atom. The maximum Gasteiger partial charge on any atom is 0.337 e. The normalized spacial score (nSPS) is 13.2. The number of methoxy groups -OCH3 is 1. The first-order valence-corrected chi connectivity index (χ1v) is 7.67. The number of anilines is 1. The lowest BCUT2D eigenvalue weighted by Crippen LogP contribution is -2.31. The highest BCUT2D eigenvalue weighted by molar-refractivity contribution is 6.07. The first-order valence-electron chi connectivity index (χ1n) is 7.67. The van der Waals surface area contributed by atoms with Crippen molar-refractivity contribution in [2.75, 3.05) is 12.4 Å². The largest absolute Gasteiger partial charge is 0.406 e. The third-order valence-electron chi connectivity index (χ3n) is 3.30. The molecule has 2 amide bonds. The first-order chi connectivity index (χ1) is 11.2. The molecule has 0 spiro atoms. The van der Waals surface area contributed by atoms with Crippen LogP contribution >= 0.6 is 0 Å². The van der Waals surface area contributed by atoms with Crippen molar-refractivity contribution in [2.24, 2.45) is 0 Å². The van der Waals surface area contributed by atoms with Crippen LogP contribution in [0.5, 0.6) is 0 Å². The fourth-order valence-electron chi connectivity index (χ4n) is 2.13. The molecule has 0 aliphatic heterocycles. The molecule has 1 aromatic rings. The number of nitrogens with one attached hydrogen (secondary N) is 2. The van der Waals surface area contributed by atoms with Crippen molar-refractivity contribution in [3.63, 3.8) is 0 Å². The highest BCUT2D eigenvalue weighted by atomic mass is 19.1. The zero-order chi connectivity index (χ0) is 18.3. The topological polar surface area (TPSA) is 97.6 Å². The van der Waals surface area contributed by atoms with E-state index in [1.165, 1.54) is 27.0 Å². The van der Waals surface area contributed by atoms with E-state index in [-0.39, 0.29) is 11.4 Å². The van der Waals surface area contributed by atoms with E-state index < -0.39 is 29.8 Å². The van der Waals surface area contributed by atoms with Gasteiger partial charge in [0.15, 0.2) is 0 Å². The quantitative estimate of drug-likeness (QED) is 0.701. The molecule has 0 aliphatic carbocycles. The van der Waals surface area contributed by atoms with Gasteiger partial charge < -0.3 is 14.5 Å². The lowest BCUT2D eigenvalue weighted by molar-refractivity contribution is -0.118. The van der Waals surface area contributed by atoms with E-state index in [0.717, 1.165) is 0 Å². The second-order valence-electron chi connectivity index (χ2n) is 5.50. The molecule has 1 aromatic heterocycles. The lowest BCUT2D eigenvalue weighted by atomic mass is 10.0. The molecule has 0 bridgehead atoms. The summed E-state index contributed by atoms with van der Waals surface area (Å²) in [5, 5.41) is 4.91. The predicted octanol–water partition coefficient (Wildman–Crippen LogP) is 2.00. The van der Waals surface area contributed by atoms with Crippen LogP contribution in [0.15, 0.2) is 15.3 Å². The van der Waals surface area contributed by atoms with Crippen LogP contribution in [0.25, 0.3) is 0 Å². The zero-order valence-electron chi connectivity index (χ0n) is 14.3. The summed E-state index contributed by atoms with van der Waals surface area (Å²) in [6, 6.07) is 1.18. The molecule has 1 heterocycles. The van der Waals surface area contributed by atoms with Crippen molar-refractivity contribution in [2.45, 2.75) is 52.4 Å². The van der Waals surface area contributed by atoms with Gasteiger partial charge in [0.2, 0.25) is 11.8 Å². The molecule has 0 saturated carbocycles. The molecular formula is C16H23FN2O5. The van der Waals surface area contributed by atoms with Crippen LogP contribution in [0.4, 0.5) is 10.3 Å². The van der Waals surface area contributed by atoms with Crippen LogP contribution in [-0.4, -0.2) is 31.3 Å². The number of hydrogen-bond donors (Lipinski definition) is 2. The van der Waals surface area contributed by atoms with E-state index in [1.54, 1.807) is 6.92 Å². The molecule has 0 aliphatic rings. The third-order valence-corrected chi connectivity index (χ3v) is 3.30. The minimum absolute atomic E-state index is 0.0419. The minimum atomic E-state index is -0.981. The number of halogens is 1. The summed E-state index contributed by atoms with van der Waals surface area (Å²) in [6.07, 6.45) is -0.466. The van der Waals surface area contributed by atoms with Gasteiger partial charge >= 0.3 is 5.63 Å². The number of carbonyl (C=O) groups excluding carboxylic acids is 2. The summed E-state index contributed by atoms with van der Waals surface area (Å²) in [5.74, 6) is -1.32. The van der Waals surface area contributed by atoms with Crippen LogP contribution < -0.4 is 16.3 Å². The van der Waals surface area contributed by atoms with E-state index in [1.807, 2.05) is 0 Å². The van der Waals surface area contributed by atoms with Crippen LogP contribution in [0.1, 0.15) is 49.5 Å². The Morgan fingerprint density at radius 3 is 2.58 bits per heavy atom. The highest BCUT2D eigenvalue weighted by Crippen LogP contribution is 2.21. The van der Waals surface area contributed by atoms with Crippen molar-refractivity contribution < 1.29 is 23.1 Å². The molecule has 2 unspecified atom stereocenters. The van der Waals surface area contributed by atoms with E-state index in [0.29, 0.717) is 24.8 Å². The highest BCUT2D eigenvalue weighted by Gasteiger charge is 2.22. The maximum atomic E-state index is 13.0. The number of aryl methyl sites for hydroxylation is 1. The molecule has 2 atom stereocenters. The van der Waals surface area contributed by atoms with Crippen molar-refractivity contribution in [1.29, 1.82) is 0 Å². The summed E-state index contributed by atoms with van der Waals surface area (Å²) in [6.45, 7) is 4.30. The smallest absolute Gasteiger partial charge is 0.337 e. The molecule has 8 heteroatoms. The number of amides is 2. The Morgan fingerprint density at radius 1 is 1.38 bits per heavy atom. The average Bonchev–Trinajstić information content (AvgIpc) is 2.45. The SMILES string of the molecule is COC(C)Nc1oc(=O)cc(CCCC(C)F)c1C(=O)NC(C)=O. The number of rotatable bonds is 8. The number of alkyl halides is 1. The van der Waals surface area contributed by atoms with Crippen molar-refractivity contribution in [3.05, 3.63) is 27.6 Å². The monoisotopic (exact) mass is 342 g/mol. The Balaban J connectivity index is 3.24. The molecule has 0 aromatic carbocycles. The first kappa shape index (κ1) is 19.8. The van der Waals surface area contributed by atoms with Gasteiger partial charge in [0.05, 0.1) is 6.17 Å². The van der Waals surface area contributed by atoms with Gasteiger partial charge in [-0.05, 0) is 38.7 Å². The van der Waals surface area contributed by atoms with Crippen LogP contribution in [0, 0.1) is 0 Å². The predicted molar refractivity (Wildman–Crippen MR) is 86.7 cm³/mol. The van der Waals surface area contributed by atoms with Gasteiger partial charge in [-0.15, -0.1) is 0 Å². The van der Waals surface area contributed by atoms with Gasteiger partial charge in [-0.2, -0.15) is 0 Å². The summed E-state index contributed by atoms with van der Waals surface area (Å²) >= 11 is 0. The number of carbonyl (C=O) groups is 2. The van der Waals surface area contributed by atoms with Crippen LogP contribution in [-0.2, 0) is 16.0 Å². The molecule has 24 heavy (non-hydrogen) atoms. The Hall–Kier alpha value is -2.22. The van der Waals surface area contributed by atoms with E-state index >= 15 is 0 Å². The molecule has 134 valence electrons. The summed E-state index contributed by atoms with van der Waals surface area (Å²) in [7, 11) is 1.44. The number of ether oxygens (including phenoxy) is 1. The van der Waals surface area contributed by atoms with Gasteiger partial charge in [-0.25, -0.2) is 9.18 Å². The molecule has 1 rings (SSSR count). The summed E-state index contributed by atoms with van der Waals surface area (Å²) in [4.78, 5) is 35.3. The Labute approximate surface area is 139 Å². The fourth-order valence-corrected chi connectivity index (χ4v) is 2.13. The Kier molecular flexibility index (Phi) is 7.57. The minimum Gasteiger partial charge on any atom is -0.406 e. The van der Waals surface area contributed by atoms with Gasteiger partial charge in [-0.1, -0.05) is 0 Å². The Bertz CT molecular complexity index is 642. The van der Waals surface area contributed by atoms with Gasteiger partial charge in [0.25, 0.3) is 5.91 Å². The second-order valence-corrected chi connectivity index (χ2v) is 5.50. The maximum absolute atomic E-state index is 13.0. The zero-order valence-corrected chi connectivity index (χ0v) is 14.3. The van der Waals surface area contributed by atoms with Crippen molar-refractivity contribution in [3.8, 4) is 0 Å². The van der Waals surface area contributed by atoms with Gasteiger partial charge in [-0.3, -0.25) is 14.9 Å². The standard InChI is InChI=1S/C16H23FN2O5/c1-9(17)6-5-7-12-8-13(21)24-16(19-11(3)23-4)14(12)15(22)18-10(2)20/h8-9,11,19H,5-7H2,1-4H3,(H,18,20,22). The fraction of sp³-hybridized carbons (Fsp3) is 0.562. The number of imide groups is 1. The molecule has 0 saturated heterocycles. The molecule has 2 N–H and O–H groups in total. The van der Waals surface area contributed by atoms with E-state index in [9.17, 15) is 18.8 Å². The third kappa shape index (κ3) is 6.11. The molecular weight excluding hydrogens is 319 g/mol. The van der Waals surface area contributed by atoms with Crippen LogP contribution in [0.3, 0.4) is 0 Å². The average molecular weight is 342 g/mol. The van der Waals surface area contributed by atoms with E-state index in [2.05, 4.69) is 10.6 Å². The number of hydrogen-bond acceptors (Lipinski definition) is 6. The van der Waals surface area contributed by atoms with Crippen molar-refractivity contribution >= 4 is 17.7 Å². The lowest BCUT2D eigenvalue weighted by Gasteiger charge is -2.17. The molecule has 7 nitrogen and oxygen atoms in total.